The Labute approximate surface area is 165 Å². The van der Waals surface area contributed by atoms with Crippen LogP contribution in [0.4, 0.5) is 8.78 Å². The molecule has 1 aliphatic heterocycles. The van der Waals surface area contributed by atoms with Crippen molar-refractivity contribution in [3.8, 4) is 5.75 Å². The molecule has 0 radical (unpaired) electrons. The molecule has 0 bridgehead atoms. The maximum absolute atomic E-state index is 12.8. The minimum absolute atomic E-state index is 0.0429. The average molecular weight is 396 g/mol. The van der Waals surface area contributed by atoms with Crippen LogP contribution in [0.15, 0.2) is 24.3 Å². The Morgan fingerprint density at radius 1 is 1.29 bits per heavy atom. The Kier molecular flexibility index (Phi) is 8.67. The van der Waals surface area contributed by atoms with E-state index >= 15 is 0 Å². The maximum Gasteiger partial charge on any atom is 0.387 e. The van der Waals surface area contributed by atoms with Gasteiger partial charge in [-0.1, -0.05) is 38.3 Å². The fourth-order valence-corrected chi connectivity index (χ4v) is 3.52. The lowest BCUT2D eigenvalue weighted by Crippen LogP contribution is -2.47. The third-order valence-electron chi connectivity index (χ3n) is 5.04. The molecule has 2 rings (SSSR count). The third-order valence-corrected chi connectivity index (χ3v) is 5.04. The van der Waals surface area contributed by atoms with Gasteiger partial charge in [0, 0.05) is 19.1 Å². The maximum atomic E-state index is 12.8. The number of carbonyl (C=O) groups is 2. The molecule has 1 heterocycles. The van der Waals surface area contributed by atoms with Crippen LogP contribution in [0.2, 0.25) is 0 Å². The molecule has 2 unspecified atom stereocenters. The van der Waals surface area contributed by atoms with E-state index in [-0.39, 0.29) is 41.6 Å². The molecule has 0 aromatic heterocycles. The van der Waals surface area contributed by atoms with Gasteiger partial charge in [0.1, 0.15) is 5.75 Å². The van der Waals surface area contributed by atoms with Crippen molar-refractivity contribution >= 4 is 11.8 Å². The van der Waals surface area contributed by atoms with Gasteiger partial charge < -0.3 is 15.0 Å². The zero-order valence-corrected chi connectivity index (χ0v) is 16.6. The van der Waals surface area contributed by atoms with Crippen LogP contribution in [0.5, 0.6) is 5.75 Å². The minimum Gasteiger partial charge on any atom is -0.434 e. The van der Waals surface area contributed by atoms with E-state index in [4.69, 9.17) is 0 Å². The van der Waals surface area contributed by atoms with Crippen molar-refractivity contribution < 1.29 is 23.1 Å². The van der Waals surface area contributed by atoms with Crippen LogP contribution >= 0.6 is 0 Å². The normalized spacial score (nSPS) is 18.0. The molecule has 0 aliphatic carbocycles. The first-order chi connectivity index (χ1) is 13.4. The van der Waals surface area contributed by atoms with Crippen LogP contribution in [-0.2, 0) is 4.79 Å². The van der Waals surface area contributed by atoms with E-state index in [0.717, 1.165) is 25.7 Å². The van der Waals surface area contributed by atoms with E-state index in [9.17, 15) is 18.4 Å². The summed E-state index contributed by atoms with van der Waals surface area (Å²) in [6, 6.07) is 6.08. The van der Waals surface area contributed by atoms with E-state index in [1.807, 2.05) is 6.92 Å². The standard InChI is InChI=1S/C21H30F2N2O3/c1-3-4-5-9-15(2)24-19(26)16-10-8-13-25(14-16)20(27)17-11-6-7-12-18(17)28-21(22)23/h6-7,11-12,15-16,21H,3-5,8-10,13-14H2,1-2H3,(H,24,26). The number of halogens is 2. The highest BCUT2D eigenvalue weighted by Crippen LogP contribution is 2.25. The monoisotopic (exact) mass is 396 g/mol. The van der Waals surface area contributed by atoms with Crippen molar-refractivity contribution in [2.45, 2.75) is 65.0 Å². The molecule has 28 heavy (non-hydrogen) atoms. The van der Waals surface area contributed by atoms with Gasteiger partial charge in [0.05, 0.1) is 11.5 Å². The summed E-state index contributed by atoms with van der Waals surface area (Å²) >= 11 is 0. The number of rotatable bonds is 9. The topological polar surface area (TPSA) is 58.6 Å². The van der Waals surface area contributed by atoms with Gasteiger partial charge in [0.25, 0.3) is 5.91 Å². The number of likely N-dealkylation sites (tertiary alicyclic amines) is 1. The lowest BCUT2D eigenvalue weighted by Gasteiger charge is -2.33. The van der Waals surface area contributed by atoms with E-state index in [2.05, 4.69) is 17.0 Å². The Morgan fingerprint density at radius 2 is 2.04 bits per heavy atom. The van der Waals surface area contributed by atoms with Crippen molar-refractivity contribution in [2.24, 2.45) is 5.92 Å². The molecule has 1 aromatic carbocycles. The van der Waals surface area contributed by atoms with Crippen LogP contribution < -0.4 is 10.1 Å². The van der Waals surface area contributed by atoms with Gasteiger partial charge in [-0.3, -0.25) is 9.59 Å². The van der Waals surface area contributed by atoms with Gasteiger partial charge in [-0.25, -0.2) is 0 Å². The number of alkyl halides is 2. The Bertz CT molecular complexity index is 654. The van der Waals surface area contributed by atoms with Crippen molar-refractivity contribution in [2.75, 3.05) is 13.1 Å². The molecule has 0 spiro atoms. The summed E-state index contributed by atoms with van der Waals surface area (Å²) in [5.74, 6) is -0.850. The van der Waals surface area contributed by atoms with Crippen LogP contribution in [0.25, 0.3) is 0 Å². The molecule has 5 nitrogen and oxygen atoms in total. The molecule has 2 amide bonds. The fourth-order valence-electron chi connectivity index (χ4n) is 3.52. The van der Waals surface area contributed by atoms with Gasteiger partial charge in [-0.15, -0.1) is 0 Å². The van der Waals surface area contributed by atoms with Crippen LogP contribution in [-0.4, -0.2) is 42.5 Å². The Hall–Kier alpha value is -2.18. The minimum atomic E-state index is -3.00. The number of para-hydroxylation sites is 1. The molecule has 7 heteroatoms. The third kappa shape index (κ3) is 6.46. The number of ether oxygens (including phenoxy) is 1. The highest BCUT2D eigenvalue weighted by molar-refractivity contribution is 5.97. The van der Waals surface area contributed by atoms with E-state index < -0.39 is 6.61 Å². The second-order valence-corrected chi connectivity index (χ2v) is 7.37. The largest absolute Gasteiger partial charge is 0.434 e. The number of unbranched alkanes of at least 4 members (excludes halogenated alkanes) is 2. The summed E-state index contributed by atoms with van der Waals surface area (Å²) in [7, 11) is 0. The number of carbonyl (C=O) groups excluding carboxylic acids is 2. The van der Waals surface area contributed by atoms with Crippen LogP contribution in [0.1, 0.15) is 62.7 Å². The quantitative estimate of drug-likeness (QED) is 0.636. The molecule has 0 saturated carbocycles. The second-order valence-electron chi connectivity index (χ2n) is 7.37. The number of nitrogens with one attached hydrogen (secondary N) is 1. The van der Waals surface area contributed by atoms with E-state index in [1.54, 1.807) is 17.0 Å². The first-order valence-corrected chi connectivity index (χ1v) is 10.1. The summed E-state index contributed by atoms with van der Waals surface area (Å²) in [5.41, 5.74) is 0.0943. The number of piperidine rings is 1. The van der Waals surface area contributed by atoms with Gasteiger partial charge in [0.15, 0.2) is 0 Å². The summed E-state index contributed by atoms with van der Waals surface area (Å²) in [6.45, 7) is 1.93. The van der Waals surface area contributed by atoms with Crippen molar-refractivity contribution in [1.29, 1.82) is 0 Å². The van der Waals surface area contributed by atoms with Gasteiger partial charge in [0.2, 0.25) is 5.91 Å². The predicted molar refractivity (Wildman–Crippen MR) is 103 cm³/mol. The average Bonchev–Trinajstić information content (AvgIpc) is 2.67. The van der Waals surface area contributed by atoms with Crippen molar-refractivity contribution in [1.82, 2.24) is 10.2 Å². The lowest BCUT2D eigenvalue weighted by molar-refractivity contribution is -0.127. The highest BCUT2D eigenvalue weighted by atomic mass is 19.3. The number of nitrogens with zero attached hydrogens (tertiary/aromatic N) is 1. The molecule has 1 aromatic rings. The van der Waals surface area contributed by atoms with E-state index in [1.165, 1.54) is 12.1 Å². The second kappa shape index (κ2) is 11.0. The first-order valence-electron chi connectivity index (χ1n) is 10.1. The number of benzene rings is 1. The molecule has 1 saturated heterocycles. The van der Waals surface area contributed by atoms with Gasteiger partial charge in [-0.2, -0.15) is 8.78 Å². The fraction of sp³-hybridized carbons (Fsp3) is 0.619. The number of amides is 2. The first kappa shape index (κ1) is 22.1. The van der Waals surface area contributed by atoms with Crippen molar-refractivity contribution in [3.05, 3.63) is 29.8 Å². The van der Waals surface area contributed by atoms with Gasteiger partial charge in [-0.05, 0) is 38.3 Å². The summed E-state index contributed by atoms with van der Waals surface area (Å²) in [6.07, 6.45) is 5.71. The Balaban J connectivity index is 1.97. The summed E-state index contributed by atoms with van der Waals surface area (Å²) in [4.78, 5) is 27.0. The van der Waals surface area contributed by atoms with Crippen molar-refractivity contribution in [3.63, 3.8) is 0 Å². The molecular weight excluding hydrogens is 366 g/mol. The smallest absolute Gasteiger partial charge is 0.387 e. The molecule has 1 fully saturated rings. The van der Waals surface area contributed by atoms with Crippen LogP contribution in [0.3, 0.4) is 0 Å². The van der Waals surface area contributed by atoms with Gasteiger partial charge >= 0.3 is 6.61 Å². The number of hydrogen-bond acceptors (Lipinski definition) is 3. The molecule has 156 valence electrons. The zero-order valence-electron chi connectivity index (χ0n) is 16.6. The number of hydrogen-bond donors (Lipinski definition) is 1. The molecular formula is C21H30F2N2O3. The predicted octanol–water partition coefficient (Wildman–Crippen LogP) is 4.23. The summed E-state index contributed by atoms with van der Waals surface area (Å²) in [5, 5.41) is 3.04. The lowest BCUT2D eigenvalue weighted by atomic mass is 9.95. The molecule has 2 atom stereocenters. The van der Waals surface area contributed by atoms with Crippen LogP contribution in [0, 0.1) is 5.92 Å². The SMILES string of the molecule is CCCCCC(C)NC(=O)C1CCCN(C(=O)c2ccccc2OC(F)F)C1. The Morgan fingerprint density at radius 3 is 2.75 bits per heavy atom. The summed E-state index contributed by atoms with van der Waals surface area (Å²) < 4.78 is 29.7. The molecule has 1 aliphatic rings. The van der Waals surface area contributed by atoms with E-state index in [0.29, 0.717) is 19.4 Å². The highest BCUT2D eigenvalue weighted by Gasteiger charge is 2.30. The molecule has 1 N–H and O–H groups in total. The zero-order chi connectivity index (χ0) is 20.5.